The van der Waals surface area contributed by atoms with Gasteiger partial charge in [0, 0.05) is 159 Å². The van der Waals surface area contributed by atoms with Gasteiger partial charge in [-0.15, -0.1) is 0 Å². The van der Waals surface area contributed by atoms with Crippen LogP contribution in [0.15, 0.2) is 237 Å². The SMILES string of the molecule is CC(C)(C)c1ccc2[nH]c3c(-c4ccc5[nH]c6c(-c7ccc8[nH]c9c(-c%10ccc(C=O)cc%10)cc(-c%10cc(-c%11cc(C(C)(C)C)cc%12c%11[nH]c%11ccc(C(C)(C)C)cc%11%12)cc%11c%10[nH]c%10ccc(-c%12cc(C(C)(C)C)cc%13c%12[nH]c%12ccc(C(C)(C)C)cc%12%13)cc%10%11)cc9c8c7)cc(-c7cc(C(C)(C)C)cc8c7[nH]c7ccc(C(C)(C)C)cc78)cc6c5c4)cc(C(C)(C)C)cc3c2c1. The summed E-state index contributed by atoms with van der Waals surface area (Å²) >= 11 is 0. The summed E-state index contributed by atoms with van der Waals surface area (Å²) in [4.78, 5) is 41.2. The van der Waals surface area contributed by atoms with Crippen LogP contribution < -0.4 is 0 Å². The van der Waals surface area contributed by atoms with Crippen molar-refractivity contribution in [1.82, 2.24) is 34.9 Å². The predicted octanol–water partition coefficient (Wildman–Crippen LogP) is 35.0. The van der Waals surface area contributed by atoms with E-state index in [0.29, 0.717) is 5.56 Å². The molecule has 22 rings (SSSR count). The maximum atomic E-state index is 12.7. The van der Waals surface area contributed by atoms with Crippen molar-refractivity contribution >= 4 is 159 Å². The van der Waals surface area contributed by atoms with Crippen LogP contribution in [-0.4, -0.2) is 41.2 Å². The highest BCUT2D eigenvalue weighted by atomic mass is 16.1. The summed E-state index contributed by atoms with van der Waals surface area (Å²) in [5.74, 6) is 0. The van der Waals surface area contributed by atoms with Crippen LogP contribution in [0.5, 0.6) is 0 Å². The maximum absolute atomic E-state index is 12.7. The van der Waals surface area contributed by atoms with E-state index >= 15 is 0 Å². The summed E-state index contributed by atoms with van der Waals surface area (Å²) in [6.07, 6.45) is 0.944. The number of benzene rings is 15. The Labute approximate surface area is 767 Å². The van der Waals surface area contributed by atoms with E-state index in [4.69, 9.17) is 0 Å². The van der Waals surface area contributed by atoms with E-state index in [1.54, 1.807) is 0 Å². The van der Waals surface area contributed by atoms with Crippen LogP contribution in [-0.2, 0) is 43.3 Å². The van der Waals surface area contributed by atoms with E-state index < -0.39 is 0 Å². The highest BCUT2D eigenvalue weighted by Crippen LogP contribution is 2.52. The monoisotopic (exact) mass is 1710 g/mol. The first-order valence-corrected chi connectivity index (χ1v) is 47.1. The molecule has 0 bridgehead atoms. The molecule has 8 nitrogen and oxygen atoms in total. The van der Waals surface area contributed by atoms with Gasteiger partial charge in [-0.05, 0) is 297 Å². The second-order valence-electron chi connectivity index (χ2n) is 46.6. The van der Waals surface area contributed by atoms with E-state index in [2.05, 4.69) is 426 Å². The number of aromatic amines is 7. The summed E-state index contributed by atoms with van der Waals surface area (Å²) in [5.41, 5.74) is 41.0. The van der Waals surface area contributed by atoms with Gasteiger partial charge in [0.15, 0.2) is 0 Å². The van der Waals surface area contributed by atoms with Crippen molar-refractivity contribution < 1.29 is 4.79 Å². The molecule has 0 atom stereocenters. The lowest BCUT2D eigenvalue weighted by Gasteiger charge is -2.21. The smallest absolute Gasteiger partial charge is 0.150 e. The molecule has 0 unspecified atom stereocenters. The third kappa shape index (κ3) is 13.8. The lowest BCUT2D eigenvalue weighted by molar-refractivity contribution is 0.112. The van der Waals surface area contributed by atoms with Crippen molar-refractivity contribution in [2.75, 3.05) is 0 Å². The standard InChI is InChI=1S/C123H119N7O/c1-116(2,3)73-32-39-105-91(52-73)98-60-77(120(13,14)15)56-84(112(98)127-105)68-30-37-103-89(44-68)96-50-71(86-58-79(122(19,20)21)62-100-93-54-75(118(7,8)9)34-41-107(93)129-114(86)100)47-82(110(96)125-103)67-29-36-102-88(43-67)95-49-70(46-81(109(95)124-102)66-27-25-65(64-131)26-28-66)83-48-72(87-59-80(123(22,23)24)63-101-94-55-76(119(10,11)12)35-42-108(94)130-115(87)101)51-97-90-45-69(31-38-104(90)126-111(83)97)85-57-78(121(16,17)18)61-99-92-53-74(117(4,5)6)33-40-106(92)128-113(85)99/h25-64,124-130H,1-24H3. The number of aromatic nitrogens is 7. The zero-order valence-electron chi connectivity index (χ0n) is 80.5. The number of carbonyl (C=O) groups is 1. The summed E-state index contributed by atoms with van der Waals surface area (Å²) in [6.45, 7) is 55.8. The predicted molar refractivity (Wildman–Crippen MR) is 565 cm³/mol. The number of aldehydes is 1. The molecule has 0 aliphatic rings. The summed E-state index contributed by atoms with van der Waals surface area (Å²) in [5, 5.41) is 16.6. The van der Waals surface area contributed by atoms with Crippen molar-refractivity contribution in [2.24, 2.45) is 0 Å². The Balaban J connectivity index is 0.810. The van der Waals surface area contributed by atoms with Gasteiger partial charge in [0.05, 0.1) is 38.6 Å². The highest BCUT2D eigenvalue weighted by molar-refractivity contribution is 6.24. The van der Waals surface area contributed by atoms with Crippen molar-refractivity contribution in [1.29, 1.82) is 0 Å². The van der Waals surface area contributed by atoms with Gasteiger partial charge in [0.25, 0.3) is 0 Å². The third-order valence-corrected chi connectivity index (χ3v) is 29.1. The number of carbonyl (C=O) groups excluding carboxylic acids is 1. The summed E-state index contributed by atoms with van der Waals surface area (Å²) in [6, 6.07) is 91.8. The molecule has 0 amide bonds. The Morgan fingerprint density at radius 3 is 0.557 bits per heavy atom. The number of hydrogen-bond acceptors (Lipinski definition) is 1. The minimum absolute atomic E-state index is 0.0172. The van der Waals surface area contributed by atoms with Gasteiger partial charge in [-0.1, -0.05) is 233 Å². The molecule has 15 aromatic carbocycles. The van der Waals surface area contributed by atoms with Crippen LogP contribution in [0.4, 0.5) is 0 Å². The molecule has 0 saturated heterocycles. The van der Waals surface area contributed by atoms with Gasteiger partial charge in [0.2, 0.25) is 0 Å². The highest BCUT2D eigenvalue weighted by Gasteiger charge is 2.31. The van der Waals surface area contributed by atoms with Crippen molar-refractivity contribution in [3.63, 3.8) is 0 Å². The molecule has 8 heteroatoms. The number of H-pyrrole nitrogens is 7. The van der Waals surface area contributed by atoms with E-state index in [1.807, 2.05) is 12.1 Å². The van der Waals surface area contributed by atoms with Crippen LogP contribution in [0.25, 0.3) is 231 Å². The van der Waals surface area contributed by atoms with E-state index in [9.17, 15) is 4.79 Å². The summed E-state index contributed by atoms with van der Waals surface area (Å²) < 4.78 is 0. The Kier molecular flexibility index (Phi) is 18.0. The third-order valence-electron chi connectivity index (χ3n) is 29.1. The molecule has 7 heterocycles. The van der Waals surface area contributed by atoms with Gasteiger partial charge >= 0.3 is 0 Å². The van der Waals surface area contributed by atoms with E-state index in [0.717, 1.165) is 183 Å². The topological polar surface area (TPSA) is 128 Å². The Hall–Kier alpha value is -13.4. The fourth-order valence-electron chi connectivity index (χ4n) is 20.9. The molecular formula is C123H119N7O. The lowest BCUT2D eigenvalue weighted by Crippen LogP contribution is -2.11. The molecule has 0 fully saturated rings. The van der Waals surface area contributed by atoms with Gasteiger partial charge in [-0.25, -0.2) is 0 Å². The largest absolute Gasteiger partial charge is 0.354 e. The van der Waals surface area contributed by atoms with Crippen LogP contribution >= 0.6 is 0 Å². The number of hydrogen-bond donors (Lipinski definition) is 7. The van der Waals surface area contributed by atoms with Crippen molar-refractivity contribution in [3.8, 4) is 77.9 Å². The minimum atomic E-state index is -0.195. The first kappa shape index (κ1) is 83.2. The Morgan fingerprint density at radius 1 is 0.160 bits per heavy atom. The molecule has 7 aromatic heterocycles. The van der Waals surface area contributed by atoms with Crippen LogP contribution in [0.2, 0.25) is 0 Å². The van der Waals surface area contributed by atoms with Crippen molar-refractivity contribution in [3.05, 3.63) is 287 Å². The van der Waals surface area contributed by atoms with Gasteiger partial charge in [0.1, 0.15) is 6.29 Å². The molecule has 0 aliphatic carbocycles. The molecule has 0 saturated carbocycles. The number of nitrogens with one attached hydrogen (secondary N) is 7. The lowest BCUT2D eigenvalue weighted by atomic mass is 9.83. The number of fused-ring (bicyclic) bond motifs is 21. The quantitative estimate of drug-likeness (QED) is 0.0752. The first-order valence-electron chi connectivity index (χ1n) is 47.1. The molecule has 652 valence electrons. The molecule has 22 aromatic rings. The molecule has 7 N–H and O–H groups in total. The Morgan fingerprint density at radius 2 is 0.328 bits per heavy atom. The average molecular weight is 1710 g/mol. The molecule has 0 radical (unpaired) electrons. The van der Waals surface area contributed by atoms with E-state index in [1.165, 1.54) is 98.7 Å². The van der Waals surface area contributed by atoms with Crippen molar-refractivity contribution in [2.45, 2.75) is 209 Å². The normalized spacial score (nSPS) is 13.4. The molecule has 0 aliphatic heterocycles. The fraction of sp³-hybridized carbons (Fsp3) is 0.260. The second-order valence-corrected chi connectivity index (χ2v) is 46.6. The average Bonchev–Trinajstić information content (AvgIpc) is 1.51. The summed E-state index contributed by atoms with van der Waals surface area (Å²) in [7, 11) is 0. The minimum Gasteiger partial charge on any atom is -0.354 e. The first-order chi connectivity index (χ1) is 61.8. The zero-order chi connectivity index (χ0) is 91.7. The van der Waals surface area contributed by atoms with E-state index in [-0.39, 0.29) is 43.3 Å². The number of rotatable bonds is 8. The second kappa shape index (κ2) is 28.3. The van der Waals surface area contributed by atoms with Gasteiger partial charge < -0.3 is 34.9 Å². The molecular weight excluding hydrogens is 1590 g/mol. The van der Waals surface area contributed by atoms with Crippen LogP contribution in [0.1, 0.15) is 221 Å². The van der Waals surface area contributed by atoms with Crippen LogP contribution in [0.3, 0.4) is 0 Å². The molecule has 131 heavy (non-hydrogen) atoms. The van der Waals surface area contributed by atoms with Crippen LogP contribution in [0, 0.1) is 0 Å². The van der Waals surface area contributed by atoms with Gasteiger partial charge in [-0.2, -0.15) is 0 Å². The van der Waals surface area contributed by atoms with Gasteiger partial charge in [-0.3, -0.25) is 4.79 Å². The Bertz CT molecular complexity index is 8660. The maximum Gasteiger partial charge on any atom is 0.150 e. The fourth-order valence-corrected chi connectivity index (χ4v) is 20.9. The molecule has 0 spiro atoms. The zero-order valence-corrected chi connectivity index (χ0v) is 80.5.